The third kappa shape index (κ3) is 4.45. The van der Waals surface area contributed by atoms with Gasteiger partial charge in [0, 0.05) is 28.6 Å². The van der Waals surface area contributed by atoms with Crippen LogP contribution in [0.5, 0.6) is 0 Å². The van der Waals surface area contributed by atoms with Gasteiger partial charge in [-0.2, -0.15) is 0 Å². The molecule has 0 spiro atoms. The summed E-state index contributed by atoms with van der Waals surface area (Å²) in [4.78, 5) is 0. The van der Waals surface area contributed by atoms with Crippen LogP contribution in [0.4, 0.5) is 0 Å². The van der Waals surface area contributed by atoms with Crippen molar-refractivity contribution in [3.63, 3.8) is 0 Å². The van der Waals surface area contributed by atoms with Crippen molar-refractivity contribution in [3.05, 3.63) is 171 Å². The van der Waals surface area contributed by atoms with E-state index in [9.17, 15) is 0 Å². The number of para-hydroxylation sites is 2. The number of allylic oxidation sites excluding steroid dienone is 8. The molecule has 4 aromatic carbocycles. The highest BCUT2D eigenvalue weighted by atomic mass is 15.0. The number of hydrogen-bond acceptors (Lipinski definition) is 0. The van der Waals surface area contributed by atoms with Crippen molar-refractivity contribution in [1.29, 1.82) is 0 Å². The van der Waals surface area contributed by atoms with Crippen LogP contribution in [-0.4, -0.2) is 4.57 Å². The number of hydrogen-bond donors (Lipinski definition) is 0. The number of benzene rings is 4. The smallest absolute Gasteiger partial charge is 0.0537 e. The van der Waals surface area contributed by atoms with Gasteiger partial charge in [0.05, 0.1) is 5.52 Å². The van der Waals surface area contributed by atoms with Crippen molar-refractivity contribution in [3.8, 4) is 16.8 Å². The molecule has 46 heavy (non-hydrogen) atoms. The Morgan fingerprint density at radius 1 is 0.674 bits per heavy atom. The Kier molecular flexibility index (Phi) is 6.70. The van der Waals surface area contributed by atoms with Crippen LogP contribution in [0.3, 0.4) is 0 Å². The van der Waals surface area contributed by atoms with Crippen molar-refractivity contribution in [2.75, 3.05) is 0 Å². The van der Waals surface area contributed by atoms with Crippen LogP contribution in [0.2, 0.25) is 0 Å². The molecule has 0 radical (unpaired) electrons. The second-order valence-electron chi connectivity index (χ2n) is 13.0. The first-order valence-corrected chi connectivity index (χ1v) is 16.9. The Hall–Kier alpha value is -5.14. The van der Waals surface area contributed by atoms with E-state index in [2.05, 4.69) is 156 Å². The summed E-state index contributed by atoms with van der Waals surface area (Å²) in [7, 11) is 0. The van der Waals surface area contributed by atoms with Crippen LogP contribution in [0.25, 0.3) is 52.0 Å². The summed E-state index contributed by atoms with van der Waals surface area (Å²) in [6.45, 7) is 0. The number of fused-ring (bicyclic) bond motifs is 5. The van der Waals surface area contributed by atoms with Crippen molar-refractivity contribution in [2.24, 2.45) is 5.92 Å². The highest BCUT2D eigenvalue weighted by Gasteiger charge is 2.29. The molecular formula is C45H37N. The van der Waals surface area contributed by atoms with E-state index in [0.717, 1.165) is 32.1 Å². The molecule has 9 rings (SSSR count). The molecule has 0 N–H and O–H groups in total. The first kappa shape index (κ1) is 27.2. The van der Waals surface area contributed by atoms with Gasteiger partial charge in [0.2, 0.25) is 0 Å². The summed E-state index contributed by atoms with van der Waals surface area (Å²) in [6.07, 6.45) is 31.4. The molecule has 1 heterocycles. The van der Waals surface area contributed by atoms with Crippen LogP contribution in [0, 0.1) is 5.92 Å². The Balaban J connectivity index is 1.23. The van der Waals surface area contributed by atoms with Gasteiger partial charge < -0.3 is 4.57 Å². The zero-order chi connectivity index (χ0) is 30.5. The summed E-state index contributed by atoms with van der Waals surface area (Å²) in [5, 5.41) is 4.20. The van der Waals surface area contributed by atoms with E-state index < -0.39 is 0 Å². The Labute approximate surface area is 271 Å². The minimum absolute atomic E-state index is 0.384. The van der Waals surface area contributed by atoms with Crippen LogP contribution < -0.4 is 10.4 Å². The van der Waals surface area contributed by atoms with Gasteiger partial charge in [-0.1, -0.05) is 133 Å². The number of aromatic nitrogens is 1. The minimum Gasteiger partial charge on any atom is -0.310 e. The van der Waals surface area contributed by atoms with Crippen LogP contribution in [-0.2, 0) is 12.8 Å². The standard InChI is InChI=1S/C45H37N/c1-5-15-31(16-6-1)44-37-22-11-4-12-23-38(37)45(32-17-7-2-8-18-32)41-30-33(25-27-39(41)44)34-26-28-43-40(29-34)36-21-13-14-24-42(36)46(43)35-19-9-3-10-20-35/h1-10,12-15,17-24,26,28,30-31,34H,11,16,25,27,29H2. The van der Waals surface area contributed by atoms with Gasteiger partial charge in [-0.05, 0) is 100 Å². The van der Waals surface area contributed by atoms with Crippen LogP contribution >= 0.6 is 0 Å². The fourth-order valence-electron chi connectivity index (χ4n) is 8.41. The van der Waals surface area contributed by atoms with Gasteiger partial charge in [0.25, 0.3) is 0 Å². The second-order valence-corrected chi connectivity index (χ2v) is 13.0. The average molecular weight is 592 g/mol. The van der Waals surface area contributed by atoms with E-state index >= 15 is 0 Å². The molecule has 1 nitrogen and oxygen atoms in total. The largest absolute Gasteiger partial charge is 0.310 e. The minimum atomic E-state index is 0.384. The maximum Gasteiger partial charge on any atom is 0.0537 e. The Morgan fingerprint density at radius 2 is 1.50 bits per heavy atom. The third-order valence-electron chi connectivity index (χ3n) is 10.5. The first-order valence-electron chi connectivity index (χ1n) is 16.9. The summed E-state index contributed by atoms with van der Waals surface area (Å²) < 4.78 is 2.45. The second kappa shape index (κ2) is 11.3. The van der Waals surface area contributed by atoms with Gasteiger partial charge in [0.15, 0.2) is 0 Å². The molecule has 222 valence electrons. The fourth-order valence-corrected chi connectivity index (χ4v) is 8.41. The zero-order valence-corrected chi connectivity index (χ0v) is 26.1. The molecule has 1 aromatic heterocycles. The maximum absolute atomic E-state index is 2.60. The van der Waals surface area contributed by atoms with E-state index in [1.165, 1.54) is 55.0 Å². The van der Waals surface area contributed by atoms with E-state index in [1.807, 2.05) is 0 Å². The lowest BCUT2D eigenvalue weighted by molar-refractivity contribution is 0.692. The Bertz CT molecular complexity index is 2270. The molecule has 0 amide bonds. The molecule has 2 unspecified atom stereocenters. The molecule has 1 heteroatoms. The first-order chi connectivity index (χ1) is 22.8. The normalized spacial score (nSPS) is 19.4. The van der Waals surface area contributed by atoms with Crippen molar-refractivity contribution >= 4 is 35.2 Å². The molecule has 0 saturated carbocycles. The molecule has 5 aromatic rings. The molecule has 2 atom stereocenters. The summed E-state index contributed by atoms with van der Waals surface area (Å²) >= 11 is 0. The van der Waals surface area contributed by atoms with Gasteiger partial charge in [-0.25, -0.2) is 0 Å². The summed E-state index contributed by atoms with van der Waals surface area (Å²) in [5.74, 6) is 0.797. The maximum atomic E-state index is 2.60. The summed E-state index contributed by atoms with van der Waals surface area (Å²) in [6, 6.07) is 30.9. The molecule has 0 aliphatic heterocycles. The highest BCUT2D eigenvalue weighted by Crippen LogP contribution is 2.42. The van der Waals surface area contributed by atoms with Gasteiger partial charge >= 0.3 is 0 Å². The van der Waals surface area contributed by atoms with E-state index in [1.54, 1.807) is 16.7 Å². The molecule has 4 aliphatic rings. The molecule has 4 aliphatic carbocycles. The van der Waals surface area contributed by atoms with E-state index in [4.69, 9.17) is 0 Å². The van der Waals surface area contributed by atoms with Gasteiger partial charge in [-0.3, -0.25) is 0 Å². The SMILES string of the molecule is C1=CCC=c2c(C3C=CC=CC3)c3c(c(-c4ccccc4)c2=C1)C=C(C1C=Cc2c(c4ccccc4n2-c2ccccc2)C1)CC3. The number of nitrogens with zero attached hydrogens (tertiary/aromatic N) is 1. The van der Waals surface area contributed by atoms with Crippen molar-refractivity contribution in [2.45, 2.75) is 38.0 Å². The Morgan fingerprint density at radius 3 is 2.35 bits per heavy atom. The van der Waals surface area contributed by atoms with E-state index in [0.29, 0.717) is 11.8 Å². The highest BCUT2D eigenvalue weighted by molar-refractivity contribution is 5.91. The zero-order valence-electron chi connectivity index (χ0n) is 26.1. The lowest BCUT2D eigenvalue weighted by Crippen LogP contribution is -2.35. The predicted octanol–water partition coefficient (Wildman–Crippen LogP) is 9.63. The summed E-state index contributed by atoms with van der Waals surface area (Å²) in [5.41, 5.74) is 14.1. The third-order valence-corrected chi connectivity index (χ3v) is 10.5. The lowest BCUT2D eigenvalue weighted by Gasteiger charge is -2.30. The van der Waals surface area contributed by atoms with Gasteiger partial charge in [-0.15, -0.1) is 0 Å². The fraction of sp³-hybridized carbons (Fsp3) is 0.156. The molecule has 0 fully saturated rings. The monoisotopic (exact) mass is 591 g/mol. The molecule has 0 saturated heterocycles. The van der Waals surface area contributed by atoms with E-state index in [-0.39, 0.29) is 0 Å². The topological polar surface area (TPSA) is 4.93 Å². The van der Waals surface area contributed by atoms with Crippen LogP contribution in [0.1, 0.15) is 53.1 Å². The lowest BCUT2D eigenvalue weighted by atomic mass is 9.74. The number of rotatable bonds is 4. The van der Waals surface area contributed by atoms with Crippen LogP contribution in [0.15, 0.2) is 133 Å². The van der Waals surface area contributed by atoms with Crippen molar-refractivity contribution in [1.82, 2.24) is 4.57 Å². The molecular weight excluding hydrogens is 555 g/mol. The van der Waals surface area contributed by atoms with Crippen molar-refractivity contribution < 1.29 is 0 Å². The average Bonchev–Trinajstić information content (AvgIpc) is 3.26. The van der Waals surface area contributed by atoms with Gasteiger partial charge in [0.1, 0.15) is 0 Å². The quantitative estimate of drug-likeness (QED) is 0.196. The molecule has 0 bridgehead atoms. The predicted molar refractivity (Wildman–Crippen MR) is 195 cm³/mol.